The Morgan fingerprint density at radius 1 is 0.467 bits per heavy atom. The van der Waals surface area contributed by atoms with Crippen LogP contribution in [0.4, 0.5) is 0 Å². The average Bonchev–Trinajstić information content (AvgIpc) is 3.25. The Labute approximate surface area is 373 Å². The number of aliphatic hydroxyl groups excluding tert-OH is 2. The minimum absolute atomic E-state index is 0.0358. The van der Waals surface area contributed by atoms with Crippen molar-refractivity contribution < 1.29 is 24.5 Å². The Kier molecular flexibility index (Phi) is 48.6. The zero-order valence-electron chi connectivity index (χ0n) is 40.2. The number of ether oxygens (including phenoxy) is 1. The van der Waals surface area contributed by atoms with Gasteiger partial charge in [-0.2, -0.15) is 0 Å². The second-order valence-electron chi connectivity index (χ2n) is 18.2. The van der Waals surface area contributed by atoms with Gasteiger partial charge in [-0.3, -0.25) is 9.59 Å². The van der Waals surface area contributed by atoms with Crippen molar-refractivity contribution in [2.24, 2.45) is 0 Å². The summed E-state index contributed by atoms with van der Waals surface area (Å²) in [5.41, 5.74) is 0. The first-order valence-electron chi connectivity index (χ1n) is 26.6. The van der Waals surface area contributed by atoms with E-state index >= 15 is 0 Å². The number of nitrogens with one attached hydrogen (secondary N) is 1. The molecule has 0 aliphatic heterocycles. The lowest BCUT2D eigenvalue weighted by atomic mass is 10.0. The van der Waals surface area contributed by atoms with Crippen molar-refractivity contribution >= 4 is 11.9 Å². The molecule has 6 nitrogen and oxygen atoms in total. The van der Waals surface area contributed by atoms with Crippen molar-refractivity contribution in [1.29, 1.82) is 0 Å². The Balaban J connectivity index is 3.45. The molecule has 3 N–H and O–H groups in total. The second-order valence-corrected chi connectivity index (χ2v) is 18.2. The van der Waals surface area contributed by atoms with E-state index in [1.807, 2.05) is 0 Å². The molecule has 0 radical (unpaired) electrons. The molecule has 0 saturated carbocycles. The number of carbonyl (C=O) groups excluding carboxylic acids is 2. The molecule has 0 aliphatic rings. The van der Waals surface area contributed by atoms with E-state index in [0.717, 1.165) is 51.4 Å². The number of carbonyl (C=O) groups is 2. The molecule has 0 fully saturated rings. The lowest BCUT2D eigenvalue weighted by Gasteiger charge is -2.22. The van der Waals surface area contributed by atoms with Crippen molar-refractivity contribution in [1.82, 2.24) is 5.32 Å². The number of esters is 1. The normalized spacial score (nSPS) is 12.8. The number of amides is 1. The van der Waals surface area contributed by atoms with Crippen molar-refractivity contribution in [3.05, 3.63) is 24.3 Å². The van der Waals surface area contributed by atoms with E-state index in [-0.39, 0.29) is 18.5 Å². The zero-order valence-corrected chi connectivity index (χ0v) is 40.2. The molecule has 0 spiro atoms. The lowest BCUT2D eigenvalue weighted by Crippen LogP contribution is -2.45. The molecular formula is C54H103NO5. The summed E-state index contributed by atoms with van der Waals surface area (Å²) < 4.78 is 5.39. The largest absolute Gasteiger partial charge is 0.465 e. The van der Waals surface area contributed by atoms with Crippen LogP contribution in [0.15, 0.2) is 24.3 Å². The highest BCUT2D eigenvalue weighted by Gasteiger charge is 2.20. The van der Waals surface area contributed by atoms with Gasteiger partial charge in [-0.05, 0) is 44.9 Å². The lowest BCUT2D eigenvalue weighted by molar-refractivity contribution is -0.143. The average molecular weight is 846 g/mol. The Morgan fingerprint density at radius 3 is 1.27 bits per heavy atom. The van der Waals surface area contributed by atoms with Crippen LogP contribution in [-0.2, 0) is 14.3 Å². The minimum Gasteiger partial charge on any atom is -0.465 e. The van der Waals surface area contributed by atoms with Crippen LogP contribution in [0.2, 0.25) is 0 Å². The maximum atomic E-state index is 12.4. The number of rotatable bonds is 49. The molecule has 6 heteroatoms. The molecule has 0 rings (SSSR count). The first-order chi connectivity index (χ1) is 29.5. The fraction of sp³-hybridized carbons (Fsp3) is 0.889. The number of aliphatic hydroxyl groups is 2. The fourth-order valence-corrected chi connectivity index (χ4v) is 8.18. The van der Waals surface area contributed by atoms with Crippen LogP contribution in [0.1, 0.15) is 284 Å². The third-order valence-corrected chi connectivity index (χ3v) is 12.3. The van der Waals surface area contributed by atoms with Crippen LogP contribution in [0.3, 0.4) is 0 Å². The molecule has 0 aliphatic carbocycles. The Bertz CT molecular complexity index is 935. The van der Waals surface area contributed by atoms with Crippen LogP contribution >= 0.6 is 0 Å². The zero-order chi connectivity index (χ0) is 43.7. The summed E-state index contributed by atoms with van der Waals surface area (Å²) in [4.78, 5) is 24.4. The monoisotopic (exact) mass is 846 g/mol. The van der Waals surface area contributed by atoms with E-state index in [2.05, 4.69) is 43.5 Å². The molecular weight excluding hydrogens is 743 g/mol. The Hall–Kier alpha value is -1.66. The first-order valence-corrected chi connectivity index (χ1v) is 26.6. The molecule has 60 heavy (non-hydrogen) atoms. The van der Waals surface area contributed by atoms with Gasteiger partial charge in [0.2, 0.25) is 5.91 Å². The van der Waals surface area contributed by atoms with Crippen LogP contribution in [-0.4, -0.2) is 47.4 Å². The summed E-state index contributed by atoms with van der Waals surface area (Å²) in [5.74, 6) is -0.0764. The summed E-state index contributed by atoms with van der Waals surface area (Å²) in [6.45, 7) is 4.83. The van der Waals surface area contributed by atoms with E-state index in [0.29, 0.717) is 25.9 Å². The van der Waals surface area contributed by atoms with Crippen molar-refractivity contribution in [3.8, 4) is 0 Å². The van der Waals surface area contributed by atoms with Gasteiger partial charge in [-0.15, -0.1) is 0 Å². The quantitative estimate of drug-likeness (QED) is 0.0322. The van der Waals surface area contributed by atoms with Gasteiger partial charge in [0.1, 0.15) is 0 Å². The van der Waals surface area contributed by atoms with Crippen LogP contribution in [0.5, 0.6) is 0 Å². The van der Waals surface area contributed by atoms with Crippen LogP contribution < -0.4 is 5.32 Å². The summed E-state index contributed by atoms with van der Waals surface area (Å²) in [5, 5.41) is 23.1. The molecule has 2 unspecified atom stereocenters. The topological polar surface area (TPSA) is 95.9 Å². The number of hydrogen-bond acceptors (Lipinski definition) is 5. The molecule has 1 amide bonds. The first kappa shape index (κ1) is 58.3. The van der Waals surface area contributed by atoms with Crippen LogP contribution in [0, 0.1) is 0 Å². The van der Waals surface area contributed by atoms with Crippen molar-refractivity contribution in [2.45, 2.75) is 296 Å². The summed E-state index contributed by atoms with van der Waals surface area (Å²) in [6, 6.07) is -0.543. The highest BCUT2D eigenvalue weighted by atomic mass is 16.5. The van der Waals surface area contributed by atoms with Gasteiger partial charge in [0.15, 0.2) is 0 Å². The number of unbranched alkanes of at least 4 members (excludes halogenated alkanes) is 34. The molecule has 0 aromatic heterocycles. The molecule has 0 bridgehead atoms. The SMILES string of the molecule is CCCCCCCCCCCCCC(=O)OCC/C=C\C/C=C\CCCCCCCCCCCCCCCCC(=O)NC(CO)C(O)CCCCCCCCCCCCC. The predicted octanol–water partition coefficient (Wildman–Crippen LogP) is 15.9. The van der Waals surface area contributed by atoms with E-state index < -0.39 is 12.1 Å². The summed E-state index contributed by atoms with van der Waals surface area (Å²) >= 11 is 0. The predicted molar refractivity (Wildman–Crippen MR) is 260 cm³/mol. The number of allylic oxidation sites excluding steroid dienone is 3. The molecule has 0 aromatic rings. The molecule has 354 valence electrons. The molecule has 0 aromatic carbocycles. The van der Waals surface area contributed by atoms with Crippen LogP contribution in [0.25, 0.3) is 0 Å². The summed E-state index contributed by atoms with van der Waals surface area (Å²) in [7, 11) is 0. The standard InChI is InChI=1S/C54H103NO5/c1-3-5-7-9-11-13-26-30-34-38-42-46-52(57)51(50-56)55-53(58)47-43-39-35-31-28-24-22-20-18-16-15-17-19-21-23-25-29-33-37-41-45-49-60-54(59)48-44-40-36-32-27-14-12-10-8-6-4-2/h25,29,37,41,51-52,56-57H,3-24,26-28,30-36,38-40,42-50H2,1-2H3,(H,55,58)/b29-25-,41-37-. The van der Waals surface area contributed by atoms with Gasteiger partial charge in [-0.1, -0.05) is 250 Å². The van der Waals surface area contributed by atoms with Gasteiger partial charge in [0.05, 0.1) is 25.4 Å². The van der Waals surface area contributed by atoms with E-state index in [9.17, 15) is 19.8 Å². The van der Waals surface area contributed by atoms with E-state index in [4.69, 9.17) is 4.74 Å². The maximum Gasteiger partial charge on any atom is 0.305 e. The Morgan fingerprint density at radius 2 is 0.833 bits per heavy atom. The summed E-state index contributed by atoms with van der Waals surface area (Å²) in [6.07, 6.45) is 58.9. The molecule has 0 heterocycles. The number of hydrogen-bond donors (Lipinski definition) is 3. The highest BCUT2D eigenvalue weighted by Crippen LogP contribution is 2.16. The van der Waals surface area contributed by atoms with Gasteiger partial charge >= 0.3 is 5.97 Å². The third kappa shape index (κ3) is 45.9. The van der Waals surface area contributed by atoms with E-state index in [1.165, 1.54) is 199 Å². The van der Waals surface area contributed by atoms with Gasteiger partial charge in [0, 0.05) is 12.8 Å². The van der Waals surface area contributed by atoms with Gasteiger partial charge in [-0.25, -0.2) is 0 Å². The van der Waals surface area contributed by atoms with E-state index in [1.54, 1.807) is 0 Å². The maximum absolute atomic E-state index is 12.4. The fourth-order valence-electron chi connectivity index (χ4n) is 8.18. The smallest absolute Gasteiger partial charge is 0.305 e. The highest BCUT2D eigenvalue weighted by molar-refractivity contribution is 5.76. The minimum atomic E-state index is -0.665. The third-order valence-electron chi connectivity index (χ3n) is 12.3. The van der Waals surface area contributed by atoms with Gasteiger partial charge in [0.25, 0.3) is 0 Å². The van der Waals surface area contributed by atoms with Gasteiger partial charge < -0.3 is 20.3 Å². The van der Waals surface area contributed by atoms with Crippen molar-refractivity contribution in [3.63, 3.8) is 0 Å². The second kappa shape index (κ2) is 50.0. The molecule has 2 atom stereocenters. The van der Waals surface area contributed by atoms with Crippen molar-refractivity contribution in [2.75, 3.05) is 13.2 Å². The molecule has 0 saturated heterocycles.